The highest BCUT2D eigenvalue weighted by Gasteiger charge is 2.23. The van der Waals surface area contributed by atoms with Crippen molar-refractivity contribution in [1.82, 2.24) is 4.98 Å². The summed E-state index contributed by atoms with van der Waals surface area (Å²) in [4.78, 5) is 6.62. The first-order chi connectivity index (χ1) is 9.15. The van der Waals surface area contributed by atoms with Gasteiger partial charge in [-0.05, 0) is 31.4 Å². The highest BCUT2D eigenvalue weighted by atomic mass is 16.4. The number of amidine groups is 1. The van der Waals surface area contributed by atoms with Crippen molar-refractivity contribution in [2.45, 2.75) is 45.1 Å². The van der Waals surface area contributed by atoms with E-state index < -0.39 is 0 Å². The van der Waals surface area contributed by atoms with Crippen LogP contribution in [0.3, 0.4) is 0 Å². The zero-order valence-corrected chi connectivity index (χ0v) is 11.6. The van der Waals surface area contributed by atoms with Gasteiger partial charge in [-0.3, -0.25) is 0 Å². The molecule has 2 rings (SSSR count). The van der Waals surface area contributed by atoms with Crippen molar-refractivity contribution < 1.29 is 5.21 Å². The van der Waals surface area contributed by atoms with E-state index in [0.29, 0.717) is 6.04 Å². The monoisotopic (exact) mass is 262 g/mol. The van der Waals surface area contributed by atoms with Crippen molar-refractivity contribution in [2.75, 3.05) is 11.9 Å². The Hall–Kier alpha value is -1.78. The molecule has 0 spiro atoms. The van der Waals surface area contributed by atoms with E-state index >= 15 is 0 Å². The van der Waals surface area contributed by atoms with Gasteiger partial charge in [0.25, 0.3) is 0 Å². The predicted octanol–water partition coefficient (Wildman–Crippen LogP) is 2.25. The lowest BCUT2D eigenvalue weighted by Gasteiger charge is -2.33. The zero-order chi connectivity index (χ0) is 13.8. The van der Waals surface area contributed by atoms with Gasteiger partial charge >= 0.3 is 0 Å². The Bertz CT molecular complexity index is 467. The Morgan fingerprint density at radius 2 is 2.11 bits per heavy atom. The van der Waals surface area contributed by atoms with Gasteiger partial charge < -0.3 is 15.8 Å². The van der Waals surface area contributed by atoms with E-state index in [-0.39, 0.29) is 5.84 Å². The van der Waals surface area contributed by atoms with Gasteiger partial charge in [-0.15, -0.1) is 0 Å². The molecule has 5 nitrogen and oxygen atoms in total. The van der Waals surface area contributed by atoms with Crippen LogP contribution >= 0.6 is 0 Å². The molecule has 1 aliphatic rings. The molecule has 0 aliphatic heterocycles. The van der Waals surface area contributed by atoms with Crippen molar-refractivity contribution in [1.29, 1.82) is 0 Å². The van der Waals surface area contributed by atoms with Crippen molar-refractivity contribution in [2.24, 2.45) is 10.9 Å². The summed E-state index contributed by atoms with van der Waals surface area (Å²) < 4.78 is 0. The fraction of sp³-hybridized carbons (Fsp3) is 0.571. The molecule has 5 heteroatoms. The van der Waals surface area contributed by atoms with E-state index in [2.05, 4.69) is 15.0 Å². The van der Waals surface area contributed by atoms with Gasteiger partial charge in [0, 0.05) is 19.3 Å². The molecule has 1 aliphatic carbocycles. The topological polar surface area (TPSA) is 74.7 Å². The number of aromatic nitrogens is 1. The van der Waals surface area contributed by atoms with Gasteiger partial charge in [-0.2, -0.15) is 0 Å². The molecule has 0 radical (unpaired) electrons. The van der Waals surface area contributed by atoms with Gasteiger partial charge in [-0.25, -0.2) is 4.98 Å². The largest absolute Gasteiger partial charge is 0.409 e. The molecule has 1 aromatic heterocycles. The standard InChI is InChI=1S/C14H22N4O/c1-10-8-9-16-14(12(10)13(15)17-19)18(2)11-6-4-3-5-7-11/h8-9,11,19H,3-7H2,1-2H3,(H2,15,17). The number of anilines is 1. The third kappa shape index (κ3) is 2.80. The Morgan fingerprint density at radius 1 is 1.42 bits per heavy atom. The van der Waals surface area contributed by atoms with Gasteiger partial charge in [0.2, 0.25) is 0 Å². The van der Waals surface area contributed by atoms with E-state index in [4.69, 9.17) is 10.9 Å². The van der Waals surface area contributed by atoms with Crippen molar-refractivity contribution >= 4 is 11.7 Å². The number of aryl methyl sites for hydroxylation is 1. The zero-order valence-electron chi connectivity index (χ0n) is 11.6. The maximum Gasteiger partial charge on any atom is 0.174 e. The first kappa shape index (κ1) is 13.6. The van der Waals surface area contributed by atoms with E-state index in [0.717, 1.165) is 16.9 Å². The molecule has 1 heterocycles. The molecule has 0 aromatic carbocycles. The van der Waals surface area contributed by atoms with E-state index in [1.807, 2.05) is 20.0 Å². The first-order valence-electron chi connectivity index (χ1n) is 6.81. The molecule has 0 bridgehead atoms. The van der Waals surface area contributed by atoms with Crippen LogP contribution in [0, 0.1) is 6.92 Å². The SMILES string of the molecule is Cc1ccnc(N(C)C2CCCCC2)c1/C(N)=N/O. The maximum absolute atomic E-state index is 8.95. The van der Waals surface area contributed by atoms with Crippen LogP contribution in [-0.4, -0.2) is 29.1 Å². The first-order valence-corrected chi connectivity index (χ1v) is 6.81. The van der Waals surface area contributed by atoms with Crippen molar-refractivity contribution in [3.8, 4) is 0 Å². The minimum atomic E-state index is 0.128. The quantitative estimate of drug-likeness (QED) is 0.379. The second-order valence-electron chi connectivity index (χ2n) is 5.21. The maximum atomic E-state index is 8.95. The van der Waals surface area contributed by atoms with Crippen LogP contribution in [-0.2, 0) is 0 Å². The summed E-state index contributed by atoms with van der Waals surface area (Å²) in [6.07, 6.45) is 7.99. The molecule has 0 saturated heterocycles. The molecule has 1 saturated carbocycles. The van der Waals surface area contributed by atoms with E-state index in [1.165, 1.54) is 32.1 Å². The van der Waals surface area contributed by atoms with Crippen LogP contribution in [0.5, 0.6) is 0 Å². The van der Waals surface area contributed by atoms with Crippen LogP contribution in [0.25, 0.3) is 0 Å². The van der Waals surface area contributed by atoms with Crippen LogP contribution in [0.2, 0.25) is 0 Å². The third-order valence-corrected chi connectivity index (χ3v) is 3.96. The minimum Gasteiger partial charge on any atom is -0.409 e. The van der Waals surface area contributed by atoms with Crippen LogP contribution in [0.4, 0.5) is 5.82 Å². The van der Waals surface area contributed by atoms with E-state index in [1.54, 1.807) is 6.20 Å². The lowest BCUT2D eigenvalue weighted by Crippen LogP contribution is -2.35. The van der Waals surface area contributed by atoms with Crippen LogP contribution in [0.1, 0.15) is 43.2 Å². The average molecular weight is 262 g/mol. The van der Waals surface area contributed by atoms with Gasteiger partial charge in [0.05, 0.1) is 5.56 Å². The fourth-order valence-corrected chi connectivity index (χ4v) is 2.82. The molecular weight excluding hydrogens is 240 g/mol. The number of pyridine rings is 1. The molecular formula is C14H22N4O. The van der Waals surface area contributed by atoms with Crippen molar-refractivity contribution in [3.05, 3.63) is 23.4 Å². The lowest BCUT2D eigenvalue weighted by atomic mass is 9.94. The van der Waals surface area contributed by atoms with Gasteiger partial charge in [0.1, 0.15) is 5.82 Å². The molecule has 1 fully saturated rings. The smallest absolute Gasteiger partial charge is 0.174 e. The predicted molar refractivity (Wildman–Crippen MR) is 76.8 cm³/mol. The summed E-state index contributed by atoms with van der Waals surface area (Å²) in [6, 6.07) is 2.37. The molecule has 3 N–H and O–H groups in total. The summed E-state index contributed by atoms with van der Waals surface area (Å²) >= 11 is 0. The highest BCUT2D eigenvalue weighted by molar-refractivity contribution is 6.02. The van der Waals surface area contributed by atoms with Crippen molar-refractivity contribution in [3.63, 3.8) is 0 Å². The Balaban J connectivity index is 2.35. The Morgan fingerprint density at radius 3 is 2.74 bits per heavy atom. The molecule has 1 aromatic rings. The number of rotatable bonds is 3. The number of hydrogen-bond donors (Lipinski definition) is 2. The second-order valence-corrected chi connectivity index (χ2v) is 5.21. The normalized spacial score (nSPS) is 17.5. The Labute approximate surface area is 114 Å². The molecule has 19 heavy (non-hydrogen) atoms. The fourth-order valence-electron chi connectivity index (χ4n) is 2.82. The average Bonchev–Trinajstić information content (AvgIpc) is 2.46. The van der Waals surface area contributed by atoms with Gasteiger partial charge in [0.15, 0.2) is 5.84 Å². The summed E-state index contributed by atoms with van der Waals surface area (Å²) in [5, 5.41) is 12.1. The summed E-state index contributed by atoms with van der Waals surface area (Å²) in [5.41, 5.74) is 7.51. The number of oxime groups is 1. The Kier molecular flexibility index (Phi) is 4.24. The summed E-state index contributed by atoms with van der Waals surface area (Å²) in [7, 11) is 2.05. The van der Waals surface area contributed by atoms with Gasteiger partial charge in [-0.1, -0.05) is 24.4 Å². The number of nitrogens with two attached hydrogens (primary N) is 1. The van der Waals surface area contributed by atoms with E-state index in [9.17, 15) is 0 Å². The minimum absolute atomic E-state index is 0.128. The summed E-state index contributed by atoms with van der Waals surface area (Å²) in [5.74, 6) is 0.936. The van der Waals surface area contributed by atoms with Crippen LogP contribution < -0.4 is 10.6 Å². The molecule has 104 valence electrons. The third-order valence-electron chi connectivity index (χ3n) is 3.96. The number of hydrogen-bond acceptors (Lipinski definition) is 4. The molecule has 0 amide bonds. The highest BCUT2D eigenvalue weighted by Crippen LogP contribution is 2.28. The number of nitrogens with zero attached hydrogens (tertiary/aromatic N) is 3. The molecule has 0 unspecified atom stereocenters. The second kappa shape index (κ2) is 5.91. The molecule has 0 atom stereocenters. The lowest BCUT2D eigenvalue weighted by molar-refractivity contribution is 0.318. The summed E-state index contributed by atoms with van der Waals surface area (Å²) in [6.45, 7) is 1.95. The van der Waals surface area contributed by atoms with Crippen LogP contribution in [0.15, 0.2) is 17.4 Å².